The van der Waals surface area contributed by atoms with Crippen LogP contribution in [0.4, 0.5) is 10.5 Å². The zero-order chi connectivity index (χ0) is 23.3. The molecule has 2 N–H and O–H groups in total. The number of anilines is 1. The van der Waals surface area contributed by atoms with E-state index in [-0.39, 0.29) is 16.6 Å². The number of nitrogens with zero attached hydrogens (tertiary/aromatic N) is 6. The van der Waals surface area contributed by atoms with E-state index in [9.17, 15) is 28.4 Å². The molecular weight excluding hydrogens is 438 g/mol. The predicted octanol–water partition coefficient (Wildman–Crippen LogP) is 0.171. The SMILES string of the molecule is CN(C)C(=O)N1CCN(c2cc(S(=O)(=O)NC3(C#N)CC3)cn3c(C(=O)O)cnc23)CC1. The highest BCUT2D eigenvalue weighted by atomic mass is 32.2. The van der Waals surface area contributed by atoms with Crippen LogP contribution in [-0.2, 0) is 10.0 Å². The normalized spacial score (nSPS) is 17.8. The van der Waals surface area contributed by atoms with Gasteiger partial charge in [0, 0.05) is 46.5 Å². The van der Waals surface area contributed by atoms with Gasteiger partial charge in [0.25, 0.3) is 0 Å². The summed E-state index contributed by atoms with van der Waals surface area (Å²) in [5.74, 6) is -1.25. The molecule has 170 valence electrons. The second-order valence-corrected chi connectivity index (χ2v) is 9.84. The summed E-state index contributed by atoms with van der Waals surface area (Å²) in [6, 6.07) is 3.31. The third kappa shape index (κ3) is 3.82. The largest absolute Gasteiger partial charge is 0.477 e. The van der Waals surface area contributed by atoms with Crippen LogP contribution in [-0.4, -0.2) is 90.5 Å². The van der Waals surface area contributed by atoms with Gasteiger partial charge in [0.1, 0.15) is 10.4 Å². The van der Waals surface area contributed by atoms with Crippen LogP contribution in [0.5, 0.6) is 0 Å². The van der Waals surface area contributed by atoms with Crippen LogP contribution >= 0.6 is 0 Å². The predicted molar refractivity (Wildman–Crippen MR) is 113 cm³/mol. The average Bonchev–Trinajstić information content (AvgIpc) is 3.38. The Morgan fingerprint density at radius 1 is 1.25 bits per heavy atom. The zero-order valence-electron chi connectivity index (χ0n) is 17.6. The van der Waals surface area contributed by atoms with E-state index < -0.39 is 21.5 Å². The van der Waals surface area contributed by atoms with Crippen LogP contribution in [0.1, 0.15) is 23.3 Å². The Morgan fingerprint density at radius 2 is 1.91 bits per heavy atom. The number of rotatable bonds is 5. The molecule has 2 aromatic heterocycles. The molecule has 1 saturated carbocycles. The van der Waals surface area contributed by atoms with Gasteiger partial charge in [-0.2, -0.15) is 9.98 Å². The van der Waals surface area contributed by atoms with Gasteiger partial charge in [0.15, 0.2) is 11.3 Å². The van der Waals surface area contributed by atoms with E-state index in [2.05, 4.69) is 9.71 Å². The minimum Gasteiger partial charge on any atom is -0.477 e. The zero-order valence-corrected chi connectivity index (χ0v) is 18.5. The molecule has 32 heavy (non-hydrogen) atoms. The van der Waals surface area contributed by atoms with Gasteiger partial charge in [0.05, 0.1) is 18.0 Å². The second kappa shape index (κ2) is 7.64. The first-order valence-corrected chi connectivity index (χ1v) is 11.5. The van der Waals surface area contributed by atoms with Crippen molar-refractivity contribution in [2.75, 3.05) is 45.2 Å². The Labute approximate surface area is 184 Å². The van der Waals surface area contributed by atoms with E-state index in [1.54, 1.807) is 19.0 Å². The number of pyridine rings is 1. The van der Waals surface area contributed by atoms with Gasteiger partial charge >= 0.3 is 12.0 Å². The maximum absolute atomic E-state index is 13.0. The minimum absolute atomic E-state index is 0.115. The summed E-state index contributed by atoms with van der Waals surface area (Å²) in [5, 5.41) is 18.8. The summed E-state index contributed by atoms with van der Waals surface area (Å²) in [5.41, 5.74) is -0.549. The molecule has 2 aromatic rings. The Hall–Kier alpha value is -3.37. The number of urea groups is 1. The molecule has 3 heterocycles. The molecule has 1 saturated heterocycles. The Balaban J connectivity index is 1.73. The Bertz CT molecular complexity index is 1230. The van der Waals surface area contributed by atoms with Gasteiger partial charge in [-0.05, 0) is 18.9 Å². The molecule has 13 heteroatoms. The molecule has 0 unspecified atom stereocenters. The highest BCUT2D eigenvalue weighted by molar-refractivity contribution is 7.89. The lowest BCUT2D eigenvalue weighted by molar-refractivity contribution is 0.0689. The monoisotopic (exact) mass is 461 g/mol. The smallest absolute Gasteiger partial charge is 0.354 e. The lowest BCUT2D eigenvalue weighted by atomic mass is 10.2. The molecular formula is C19H23N7O5S. The number of imidazole rings is 1. The molecule has 2 amide bonds. The van der Waals surface area contributed by atoms with E-state index in [1.165, 1.54) is 27.8 Å². The lowest BCUT2D eigenvalue weighted by Gasteiger charge is -2.37. The van der Waals surface area contributed by atoms with E-state index in [0.717, 1.165) is 0 Å². The number of aromatic carboxylic acids is 1. The molecule has 2 aliphatic rings. The van der Waals surface area contributed by atoms with Gasteiger partial charge in [-0.3, -0.25) is 4.40 Å². The number of hydrogen-bond donors (Lipinski definition) is 2. The average molecular weight is 462 g/mol. The number of aromatic nitrogens is 2. The third-order valence-corrected chi connectivity index (χ3v) is 7.16. The highest BCUT2D eigenvalue weighted by Crippen LogP contribution is 2.36. The van der Waals surface area contributed by atoms with Crippen LogP contribution in [0.15, 0.2) is 23.4 Å². The van der Waals surface area contributed by atoms with Crippen molar-refractivity contribution in [1.29, 1.82) is 5.26 Å². The lowest BCUT2D eigenvalue weighted by Crippen LogP contribution is -2.51. The first kappa shape index (κ1) is 21.8. The fraction of sp³-hybridized carbons (Fsp3) is 0.474. The third-order valence-electron chi connectivity index (χ3n) is 5.66. The summed E-state index contributed by atoms with van der Waals surface area (Å²) in [6.45, 7) is 1.68. The van der Waals surface area contributed by atoms with Gasteiger partial charge < -0.3 is 19.8 Å². The molecule has 1 aliphatic heterocycles. The quantitative estimate of drug-likeness (QED) is 0.639. The molecule has 0 radical (unpaired) electrons. The van der Waals surface area contributed by atoms with Crippen LogP contribution < -0.4 is 9.62 Å². The number of sulfonamides is 1. The number of carbonyl (C=O) groups is 2. The van der Waals surface area contributed by atoms with Gasteiger partial charge in [0.2, 0.25) is 10.0 Å². The van der Waals surface area contributed by atoms with Crippen LogP contribution in [0.2, 0.25) is 0 Å². The molecule has 12 nitrogen and oxygen atoms in total. The van der Waals surface area contributed by atoms with Crippen molar-refractivity contribution in [3.63, 3.8) is 0 Å². The van der Waals surface area contributed by atoms with Crippen LogP contribution in [0.25, 0.3) is 5.65 Å². The number of carbonyl (C=O) groups excluding carboxylic acids is 1. The van der Waals surface area contributed by atoms with Crippen molar-refractivity contribution in [3.8, 4) is 6.07 Å². The number of nitriles is 1. The van der Waals surface area contributed by atoms with Crippen LogP contribution in [0.3, 0.4) is 0 Å². The molecule has 4 rings (SSSR count). The molecule has 0 bridgehead atoms. The summed E-state index contributed by atoms with van der Waals surface area (Å²) in [4.78, 5) is 33.0. The number of nitrogens with one attached hydrogen (secondary N) is 1. The first-order valence-electron chi connectivity index (χ1n) is 9.98. The molecule has 2 fully saturated rings. The van der Waals surface area contributed by atoms with Crippen molar-refractivity contribution in [1.82, 2.24) is 23.9 Å². The van der Waals surface area contributed by atoms with E-state index >= 15 is 0 Å². The van der Waals surface area contributed by atoms with E-state index in [4.69, 9.17) is 0 Å². The van der Waals surface area contributed by atoms with Gasteiger partial charge in [-0.1, -0.05) is 0 Å². The number of fused-ring (bicyclic) bond motifs is 1. The maximum Gasteiger partial charge on any atom is 0.354 e. The Morgan fingerprint density at radius 3 is 2.44 bits per heavy atom. The van der Waals surface area contributed by atoms with E-state index in [0.29, 0.717) is 50.4 Å². The highest BCUT2D eigenvalue weighted by Gasteiger charge is 2.47. The standard InChI is InChI=1S/C19H23N7O5S/c1-23(2)18(29)25-7-5-24(6-8-25)14-9-13(32(30,31)22-19(12-20)3-4-19)11-26-15(17(27)28)10-21-16(14)26/h9-11,22H,3-8H2,1-2H3,(H,27,28). The maximum atomic E-state index is 13.0. The molecule has 0 aromatic carbocycles. The number of amides is 2. The number of carboxylic acids is 1. The molecule has 0 spiro atoms. The van der Waals surface area contributed by atoms with Crippen molar-refractivity contribution in [2.45, 2.75) is 23.3 Å². The number of carboxylic acid groups (broad SMARTS) is 1. The molecule has 0 atom stereocenters. The van der Waals surface area contributed by atoms with Gasteiger partial charge in [-0.15, -0.1) is 0 Å². The number of piperazine rings is 1. The number of hydrogen-bond acceptors (Lipinski definition) is 7. The summed E-state index contributed by atoms with van der Waals surface area (Å²) in [7, 11) is -0.744. The summed E-state index contributed by atoms with van der Waals surface area (Å²) >= 11 is 0. The van der Waals surface area contributed by atoms with Gasteiger partial charge in [-0.25, -0.2) is 23.0 Å². The topological polar surface area (TPSA) is 151 Å². The summed E-state index contributed by atoms with van der Waals surface area (Å²) in [6.07, 6.45) is 3.22. The fourth-order valence-electron chi connectivity index (χ4n) is 3.68. The van der Waals surface area contributed by atoms with Crippen LogP contribution in [0, 0.1) is 11.3 Å². The minimum atomic E-state index is -4.09. The van der Waals surface area contributed by atoms with E-state index in [1.807, 2.05) is 11.0 Å². The van der Waals surface area contributed by atoms with Crippen molar-refractivity contribution < 1.29 is 23.1 Å². The van der Waals surface area contributed by atoms with Crippen molar-refractivity contribution >= 4 is 33.4 Å². The summed E-state index contributed by atoms with van der Waals surface area (Å²) < 4.78 is 29.7. The fourth-order valence-corrected chi connectivity index (χ4v) is 5.08. The van der Waals surface area contributed by atoms with Crippen molar-refractivity contribution in [2.24, 2.45) is 0 Å². The molecule has 1 aliphatic carbocycles. The first-order chi connectivity index (χ1) is 15.1. The second-order valence-electron chi connectivity index (χ2n) is 8.15. The van der Waals surface area contributed by atoms with Crippen molar-refractivity contribution in [3.05, 3.63) is 24.2 Å². The Kier molecular flexibility index (Phi) is 5.22.